The van der Waals surface area contributed by atoms with Crippen LogP contribution >= 0.6 is 0 Å². The van der Waals surface area contributed by atoms with E-state index in [1.807, 2.05) is 84.4 Å². The fourth-order valence-electron chi connectivity index (χ4n) is 4.40. The highest BCUT2D eigenvalue weighted by molar-refractivity contribution is 5.90. The zero-order chi connectivity index (χ0) is 22.6. The highest BCUT2D eigenvalue weighted by Gasteiger charge is 2.22. The van der Waals surface area contributed by atoms with Gasteiger partial charge in [-0.3, -0.25) is 4.79 Å². The van der Waals surface area contributed by atoms with E-state index in [4.69, 9.17) is 0 Å². The lowest BCUT2D eigenvalue weighted by atomic mass is 10.0. The molecule has 0 bridgehead atoms. The Morgan fingerprint density at radius 3 is 2.45 bits per heavy atom. The van der Waals surface area contributed by atoms with Crippen LogP contribution in [0, 0.1) is 6.92 Å². The Hall–Kier alpha value is -4.12. The van der Waals surface area contributed by atoms with Crippen molar-refractivity contribution >= 4 is 16.8 Å². The Balaban J connectivity index is 1.45. The van der Waals surface area contributed by atoms with Crippen molar-refractivity contribution in [1.29, 1.82) is 0 Å². The van der Waals surface area contributed by atoms with Crippen molar-refractivity contribution in [2.24, 2.45) is 0 Å². The van der Waals surface area contributed by atoms with E-state index < -0.39 is 0 Å². The van der Waals surface area contributed by atoms with E-state index in [9.17, 15) is 4.79 Å². The molecule has 3 aromatic carbocycles. The van der Waals surface area contributed by atoms with Crippen LogP contribution in [0.2, 0.25) is 0 Å². The van der Waals surface area contributed by atoms with Gasteiger partial charge in [-0.1, -0.05) is 66.7 Å². The summed E-state index contributed by atoms with van der Waals surface area (Å²) < 4.78 is 2.05. The maximum absolute atomic E-state index is 13.3. The molecule has 0 aliphatic carbocycles. The lowest BCUT2D eigenvalue weighted by Crippen LogP contribution is -2.33. The first kappa shape index (κ1) is 20.8. The quantitative estimate of drug-likeness (QED) is 0.365. The predicted molar refractivity (Wildman–Crippen MR) is 131 cm³/mol. The Labute approximate surface area is 193 Å². The molecule has 5 heteroatoms. The molecule has 0 radical (unpaired) electrons. The molecule has 33 heavy (non-hydrogen) atoms. The Morgan fingerprint density at radius 2 is 1.67 bits per heavy atom. The van der Waals surface area contributed by atoms with Crippen LogP contribution in [0.1, 0.15) is 28.7 Å². The molecule has 1 unspecified atom stereocenters. The average Bonchev–Trinajstić information content (AvgIpc) is 3.45. The minimum Gasteiger partial charge on any atom is -0.358 e. The predicted octanol–water partition coefficient (Wildman–Crippen LogP) is 5.30. The van der Waals surface area contributed by atoms with Crippen LogP contribution in [0.5, 0.6) is 0 Å². The molecule has 164 valence electrons. The molecule has 5 nitrogen and oxygen atoms in total. The second kappa shape index (κ2) is 9.17. The second-order valence-electron chi connectivity index (χ2n) is 8.25. The number of imidazole rings is 1. The number of hydrogen-bond acceptors (Lipinski definition) is 2. The summed E-state index contributed by atoms with van der Waals surface area (Å²) in [5.74, 6) is 0.792. The fourth-order valence-corrected chi connectivity index (χ4v) is 4.40. The van der Waals surface area contributed by atoms with E-state index >= 15 is 0 Å². The highest BCUT2D eigenvalue weighted by Crippen LogP contribution is 2.24. The van der Waals surface area contributed by atoms with Gasteiger partial charge in [0.15, 0.2) is 0 Å². The summed E-state index contributed by atoms with van der Waals surface area (Å²) in [5.41, 5.74) is 5.28. The number of benzene rings is 3. The summed E-state index contributed by atoms with van der Waals surface area (Å²) in [7, 11) is 0. The third-order valence-electron chi connectivity index (χ3n) is 6.00. The Morgan fingerprint density at radius 1 is 0.970 bits per heavy atom. The number of nitrogens with zero attached hydrogens (tertiary/aromatic N) is 2. The summed E-state index contributed by atoms with van der Waals surface area (Å²) in [5, 5.41) is 4.37. The first-order chi connectivity index (χ1) is 16.2. The molecule has 0 saturated heterocycles. The number of aromatic nitrogens is 3. The molecular weight excluding hydrogens is 408 g/mol. The Kier molecular flexibility index (Phi) is 5.77. The van der Waals surface area contributed by atoms with E-state index in [2.05, 4.69) is 33.5 Å². The van der Waals surface area contributed by atoms with E-state index in [-0.39, 0.29) is 11.9 Å². The number of rotatable bonds is 7. The van der Waals surface area contributed by atoms with E-state index in [0.717, 1.165) is 39.2 Å². The summed E-state index contributed by atoms with van der Waals surface area (Å²) in [6.07, 6.45) is 4.70. The Bertz CT molecular complexity index is 1370. The van der Waals surface area contributed by atoms with Crippen molar-refractivity contribution < 1.29 is 4.79 Å². The molecule has 0 aliphatic heterocycles. The number of carbonyl (C=O) groups excluding carboxylic acids is 1. The lowest BCUT2D eigenvalue weighted by Gasteiger charge is -2.20. The van der Waals surface area contributed by atoms with E-state index in [1.54, 1.807) is 6.20 Å². The molecule has 5 rings (SSSR count). The molecule has 0 saturated carbocycles. The zero-order valence-electron chi connectivity index (χ0n) is 18.5. The number of fused-ring (bicyclic) bond motifs is 1. The topological polar surface area (TPSA) is 62.7 Å². The molecule has 2 aromatic heterocycles. The van der Waals surface area contributed by atoms with Crippen molar-refractivity contribution in [3.8, 4) is 5.69 Å². The van der Waals surface area contributed by atoms with Gasteiger partial charge in [-0.2, -0.15) is 0 Å². The molecule has 2 N–H and O–H groups in total. The number of amides is 1. The minimum atomic E-state index is -0.263. The summed E-state index contributed by atoms with van der Waals surface area (Å²) in [4.78, 5) is 21.3. The van der Waals surface area contributed by atoms with Crippen molar-refractivity contribution in [2.75, 3.05) is 0 Å². The van der Waals surface area contributed by atoms with Gasteiger partial charge >= 0.3 is 0 Å². The standard InChI is InChI=1S/C28H26N4O/c1-20-24(23-14-8-9-15-25(23)30-20)19-27(33)31-26(18-21-10-4-2-5-11-21)28-29-16-17-32(28)22-12-6-3-7-13-22/h2-17,26,30H,18-19H2,1H3,(H,31,33). The first-order valence-corrected chi connectivity index (χ1v) is 11.2. The molecule has 0 aliphatic rings. The zero-order valence-corrected chi connectivity index (χ0v) is 18.5. The van der Waals surface area contributed by atoms with Crippen molar-refractivity contribution in [2.45, 2.75) is 25.8 Å². The summed E-state index contributed by atoms with van der Waals surface area (Å²) >= 11 is 0. The van der Waals surface area contributed by atoms with Gasteiger partial charge < -0.3 is 14.9 Å². The summed E-state index contributed by atoms with van der Waals surface area (Å²) in [6.45, 7) is 2.02. The van der Waals surface area contributed by atoms with Crippen LogP contribution < -0.4 is 5.32 Å². The number of para-hydroxylation sites is 2. The van der Waals surface area contributed by atoms with Gasteiger partial charge in [-0.25, -0.2) is 4.98 Å². The van der Waals surface area contributed by atoms with Crippen molar-refractivity contribution in [3.63, 3.8) is 0 Å². The molecule has 1 amide bonds. The third kappa shape index (κ3) is 4.44. The highest BCUT2D eigenvalue weighted by atomic mass is 16.1. The summed E-state index contributed by atoms with van der Waals surface area (Å²) in [6, 6.07) is 28.1. The van der Waals surface area contributed by atoms with Gasteiger partial charge in [-0.15, -0.1) is 0 Å². The first-order valence-electron chi connectivity index (χ1n) is 11.2. The van der Waals surface area contributed by atoms with E-state index in [0.29, 0.717) is 12.8 Å². The van der Waals surface area contributed by atoms with Crippen LogP contribution in [0.3, 0.4) is 0 Å². The normalized spacial score (nSPS) is 12.0. The number of H-pyrrole nitrogens is 1. The number of aryl methyl sites for hydroxylation is 1. The fraction of sp³-hybridized carbons (Fsp3) is 0.143. The minimum absolute atomic E-state index is 0.0219. The third-order valence-corrected chi connectivity index (χ3v) is 6.00. The number of aromatic amines is 1. The smallest absolute Gasteiger partial charge is 0.225 e. The average molecular weight is 435 g/mol. The van der Waals surface area contributed by atoms with Crippen LogP contribution in [0.25, 0.3) is 16.6 Å². The van der Waals surface area contributed by atoms with Crippen LogP contribution in [0.15, 0.2) is 97.3 Å². The SMILES string of the molecule is Cc1[nH]c2ccccc2c1CC(=O)NC(Cc1ccccc1)c1nccn1-c1ccccc1. The number of nitrogens with one attached hydrogen (secondary N) is 2. The van der Waals surface area contributed by atoms with Crippen molar-refractivity contribution in [1.82, 2.24) is 19.9 Å². The second-order valence-corrected chi connectivity index (χ2v) is 8.25. The van der Waals surface area contributed by atoms with Crippen LogP contribution in [0.4, 0.5) is 0 Å². The molecule has 1 atom stereocenters. The van der Waals surface area contributed by atoms with Crippen molar-refractivity contribution in [3.05, 3.63) is 120 Å². The number of hydrogen-bond donors (Lipinski definition) is 2. The molecule has 5 aromatic rings. The van der Waals surface area contributed by atoms with E-state index in [1.165, 1.54) is 0 Å². The monoisotopic (exact) mass is 434 g/mol. The van der Waals surface area contributed by atoms with Gasteiger partial charge in [0.05, 0.1) is 12.5 Å². The van der Waals surface area contributed by atoms with Gasteiger partial charge in [-0.05, 0) is 42.7 Å². The maximum atomic E-state index is 13.3. The van der Waals surface area contributed by atoms with Gasteiger partial charge in [0.1, 0.15) is 5.82 Å². The molecular formula is C28H26N4O. The molecule has 0 spiro atoms. The van der Waals surface area contributed by atoms with Crippen LogP contribution in [-0.4, -0.2) is 20.4 Å². The van der Waals surface area contributed by atoms with Crippen LogP contribution in [-0.2, 0) is 17.6 Å². The number of carbonyl (C=O) groups is 1. The molecule has 0 fully saturated rings. The lowest BCUT2D eigenvalue weighted by molar-refractivity contribution is -0.121. The van der Waals surface area contributed by atoms with Gasteiger partial charge in [0, 0.05) is 34.7 Å². The van der Waals surface area contributed by atoms with Gasteiger partial charge in [0.2, 0.25) is 5.91 Å². The largest absolute Gasteiger partial charge is 0.358 e. The maximum Gasteiger partial charge on any atom is 0.225 e. The van der Waals surface area contributed by atoms with Gasteiger partial charge in [0.25, 0.3) is 0 Å². The molecule has 2 heterocycles.